The van der Waals surface area contributed by atoms with Crippen LogP contribution in [-0.2, 0) is 4.74 Å². The van der Waals surface area contributed by atoms with Crippen LogP contribution in [-0.4, -0.2) is 19.4 Å². The zero-order valence-corrected chi connectivity index (χ0v) is 16.9. The topological polar surface area (TPSA) is 61.3 Å². The molecule has 0 fully saturated rings. The molecule has 4 N–H and O–H groups in total. The largest absolute Gasteiger partial charge is 0.494 e. The molecule has 0 bridgehead atoms. The Balaban J connectivity index is 3.68. The average molecular weight is 355 g/mol. The van der Waals surface area contributed by atoms with Gasteiger partial charge in [0.25, 0.3) is 0 Å². The third kappa shape index (κ3) is 12.5. The molecule has 0 heterocycles. The number of hydrogen-bond acceptors (Lipinski definition) is 4. The molecule has 4 heteroatoms. The summed E-state index contributed by atoms with van der Waals surface area (Å²) in [6, 6.07) is 0. The first-order chi connectivity index (χ1) is 11.5. The van der Waals surface area contributed by atoms with Crippen LogP contribution in [0.5, 0.6) is 0 Å². The minimum Gasteiger partial charge on any atom is -0.494 e. The molecule has 0 aliphatic heterocycles. The van der Waals surface area contributed by atoms with E-state index in [4.69, 9.17) is 16.2 Å². The van der Waals surface area contributed by atoms with Crippen molar-refractivity contribution in [2.75, 3.05) is 19.4 Å². The molecule has 140 valence electrons. The Bertz CT molecular complexity index is 398. The van der Waals surface area contributed by atoms with Crippen molar-refractivity contribution in [2.45, 2.75) is 71.6 Å². The van der Waals surface area contributed by atoms with Gasteiger partial charge >= 0.3 is 0 Å². The minimum atomic E-state index is 0.722. The van der Waals surface area contributed by atoms with Crippen molar-refractivity contribution < 1.29 is 4.74 Å². The van der Waals surface area contributed by atoms with Crippen LogP contribution in [0.3, 0.4) is 0 Å². The van der Waals surface area contributed by atoms with E-state index in [1.807, 2.05) is 26.2 Å². The fourth-order valence-corrected chi connectivity index (χ4v) is 3.37. The summed E-state index contributed by atoms with van der Waals surface area (Å²) in [4.78, 5) is 1.10. The lowest BCUT2D eigenvalue weighted by Gasteiger charge is -2.10. The second kappa shape index (κ2) is 15.6. The predicted octanol–water partition coefficient (Wildman–Crippen LogP) is 5.49. The number of ether oxygens (including phenoxy) is 1. The summed E-state index contributed by atoms with van der Waals surface area (Å²) in [5, 5.41) is 0. The summed E-state index contributed by atoms with van der Waals surface area (Å²) >= 11 is 1.66. The van der Waals surface area contributed by atoms with Gasteiger partial charge in [0.15, 0.2) is 0 Å². The molecular weight excluding hydrogens is 316 g/mol. The van der Waals surface area contributed by atoms with Gasteiger partial charge in [-0.05, 0) is 51.1 Å². The predicted molar refractivity (Wildman–Crippen MR) is 110 cm³/mol. The summed E-state index contributed by atoms with van der Waals surface area (Å²) in [5.74, 6) is 0.722. The molecule has 0 saturated carbocycles. The van der Waals surface area contributed by atoms with Crippen LogP contribution in [0.25, 0.3) is 0 Å². The minimum absolute atomic E-state index is 0.722. The molecule has 0 rings (SSSR count). The lowest BCUT2D eigenvalue weighted by molar-refractivity contribution is 0.218. The van der Waals surface area contributed by atoms with Gasteiger partial charge in [-0.3, -0.25) is 0 Å². The number of thioether (sulfide) groups is 1. The molecule has 0 aliphatic rings. The van der Waals surface area contributed by atoms with Gasteiger partial charge in [-0.15, -0.1) is 11.8 Å². The molecule has 0 aliphatic carbocycles. The summed E-state index contributed by atoms with van der Waals surface area (Å²) in [5.41, 5.74) is 13.3. The number of nitrogens with two attached hydrogens (primary N) is 2. The summed E-state index contributed by atoms with van der Waals surface area (Å²) in [7, 11) is 0. The molecular formula is C20H38N2OS. The Morgan fingerprint density at radius 2 is 1.46 bits per heavy atom. The molecule has 3 nitrogen and oxygen atoms in total. The zero-order chi connectivity index (χ0) is 18.2. The zero-order valence-electron chi connectivity index (χ0n) is 16.0. The summed E-state index contributed by atoms with van der Waals surface area (Å²) in [6.45, 7) is 9.52. The van der Waals surface area contributed by atoms with Gasteiger partial charge < -0.3 is 16.2 Å². The number of unbranched alkanes of at least 4 members (excludes halogenated alkanes) is 8. The third-order valence-corrected chi connectivity index (χ3v) is 4.99. The van der Waals surface area contributed by atoms with Gasteiger partial charge in [0, 0.05) is 10.6 Å². The Hall–Kier alpha value is -0.870. The van der Waals surface area contributed by atoms with Gasteiger partial charge in [-0.2, -0.15) is 0 Å². The Kier molecular flexibility index (Phi) is 15.1. The van der Waals surface area contributed by atoms with Crippen molar-refractivity contribution in [1.29, 1.82) is 0 Å². The number of hydrogen-bond donors (Lipinski definition) is 2. The highest BCUT2D eigenvalue weighted by Gasteiger charge is 2.02. The van der Waals surface area contributed by atoms with E-state index in [2.05, 4.69) is 6.58 Å². The van der Waals surface area contributed by atoms with Crippen molar-refractivity contribution in [2.24, 2.45) is 11.5 Å². The van der Waals surface area contributed by atoms with E-state index >= 15 is 0 Å². The van der Waals surface area contributed by atoms with Crippen LogP contribution in [0.2, 0.25) is 0 Å². The van der Waals surface area contributed by atoms with Gasteiger partial charge in [-0.25, -0.2) is 0 Å². The van der Waals surface area contributed by atoms with Crippen LogP contribution in [0.1, 0.15) is 71.6 Å². The molecule has 0 saturated heterocycles. The molecule has 24 heavy (non-hydrogen) atoms. The van der Waals surface area contributed by atoms with E-state index in [1.54, 1.807) is 11.8 Å². The van der Waals surface area contributed by atoms with Crippen LogP contribution >= 0.6 is 11.8 Å². The van der Waals surface area contributed by atoms with E-state index < -0.39 is 0 Å². The fraction of sp³-hybridized carbons (Fsp3) is 0.700. The molecule has 0 aromatic rings. The molecule has 0 aromatic carbocycles. The second-order valence-electron chi connectivity index (χ2n) is 6.33. The van der Waals surface area contributed by atoms with E-state index in [1.165, 1.54) is 51.4 Å². The molecule has 0 aromatic heterocycles. The molecule has 0 radical (unpaired) electrons. The third-order valence-electron chi connectivity index (χ3n) is 3.93. The van der Waals surface area contributed by atoms with Crippen LogP contribution in [0.4, 0.5) is 0 Å². The first-order valence-corrected chi connectivity index (χ1v) is 10.5. The van der Waals surface area contributed by atoms with Crippen molar-refractivity contribution in [3.8, 4) is 0 Å². The van der Waals surface area contributed by atoms with Crippen LogP contribution in [0, 0.1) is 0 Å². The van der Waals surface area contributed by atoms with E-state index in [9.17, 15) is 0 Å². The maximum absolute atomic E-state index is 5.88. The van der Waals surface area contributed by atoms with Crippen LogP contribution < -0.4 is 11.5 Å². The highest BCUT2D eigenvalue weighted by Crippen LogP contribution is 2.24. The van der Waals surface area contributed by atoms with Gasteiger partial charge in [0.2, 0.25) is 0 Å². The molecule has 0 atom stereocenters. The van der Waals surface area contributed by atoms with Crippen molar-refractivity contribution in [1.82, 2.24) is 0 Å². The van der Waals surface area contributed by atoms with Crippen molar-refractivity contribution in [3.05, 3.63) is 34.6 Å². The SMILES string of the molecule is C=C(/C=C(C)/C(SC)=C(\C)N)OCCCCCCCCCCCN. The maximum atomic E-state index is 5.88. The standard InChI is InChI=1S/C20H38N2OS/c1-17(20(24-4)19(3)22)16-18(2)23-15-13-11-9-7-5-6-8-10-12-14-21/h16H,2,5-15,21-22H2,1,3-4H3/b17-16+,20-19-. The van der Waals surface area contributed by atoms with Gasteiger partial charge in [-0.1, -0.05) is 51.5 Å². The fourth-order valence-electron chi connectivity index (χ4n) is 2.67. The van der Waals surface area contributed by atoms with E-state index in [0.717, 1.165) is 41.5 Å². The number of rotatable bonds is 15. The van der Waals surface area contributed by atoms with Crippen molar-refractivity contribution in [3.63, 3.8) is 0 Å². The highest BCUT2D eigenvalue weighted by molar-refractivity contribution is 8.02. The number of allylic oxidation sites excluding steroid dienone is 3. The maximum Gasteiger partial charge on any atom is 0.112 e. The van der Waals surface area contributed by atoms with Crippen LogP contribution in [0.15, 0.2) is 34.6 Å². The summed E-state index contributed by atoms with van der Waals surface area (Å²) < 4.78 is 5.70. The monoisotopic (exact) mass is 354 g/mol. The molecule has 0 amide bonds. The Labute approximate surface area is 154 Å². The summed E-state index contributed by atoms with van der Waals surface area (Å²) in [6.07, 6.45) is 15.5. The van der Waals surface area contributed by atoms with E-state index in [0.29, 0.717) is 0 Å². The lowest BCUT2D eigenvalue weighted by Crippen LogP contribution is -1.98. The Morgan fingerprint density at radius 3 is 1.92 bits per heavy atom. The highest BCUT2D eigenvalue weighted by atomic mass is 32.2. The quantitative estimate of drug-likeness (QED) is 0.232. The molecule has 0 spiro atoms. The van der Waals surface area contributed by atoms with Crippen molar-refractivity contribution >= 4 is 11.8 Å². The first-order valence-electron chi connectivity index (χ1n) is 9.23. The average Bonchev–Trinajstić information content (AvgIpc) is 2.52. The smallest absolute Gasteiger partial charge is 0.112 e. The Morgan fingerprint density at radius 1 is 0.958 bits per heavy atom. The van der Waals surface area contributed by atoms with E-state index in [-0.39, 0.29) is 0 Å². The molecule has 0 unspecified atom stereocenters. The van der Waals surface area contributed by atoms with Gasteiger partial charge in [0.1, 0.15) is 5.76 Å². The van der Waals surface area contributed by atoms with Gasteiger partial charge in [0.05, 0.1) is 6.61 Å². The first kappa shape index (κ1) is 23.1. The normalized spacial score (nSPS) is 12.9. The lowest BCUT2D eigenvalue weighted by atomic mass is 10.1. The second-order valence-corrected chi connectivity index (χ2v) is 7.15.